The molecule has 1 aliphatic rings. The van der Waals surface area contributed by atoms with Crippen LogP contribution in [0.25, 0.3) is 10.1 Å². The van der Waals surface area contributed by atoms with Crippen LogP contribution >= 0.6 is 11.3 Å². The summed E-state index contributed by atoms with van der Waals surface area (Å²) in [4.78, 5) is 12.5. The van der Waals surface area contributed by atoms with E-state index in [4.69, 9.17) is 10.5 Å². The molecular weight excluding hydrogens is 258 g/mol. The Balaban J connectivity index is 1.82. The lowest BCUT2D eigenvalue weighted by molar-refractivity contribution is -0.126. The summed E-state index contributed by atoms with van der Waals surface area (Å²) in [6.07, 6.45) is 1.70. The summed E-state index contributed by atoms with van der Waals surface area (Å²) in [5.41, 5.74) is 6.64. The summed E-state index contributed by atoms with van der Waals surface area (Å²) in [5.74, 6) is 0.138. The van der Waals surface area contributed by atoms with Gasteiger partial charge in [0.1, 0.15) is 0 Å². The number of hydrogen-bond acceptors (Lipinski definition) is 4. The number of rotatable bonds is 3. The minimum absolute atomic E-state index is 0.138. The first-order valence-electron chi connectivity index (χ1n) is 6.54. The van der Waals surface area contributed by atoms with Crippen LogP contribution in [0, 0.1) is 0 Å². The van der Waals surface area contributed by atoms with Crippen molar-refractivity contribution in [3.8, 4) is 0 Å². The van der Waals surface area contributed by atoms with E-state index >= 15 is 0 Å². The van der Waals surface area contributed by atoms with E-state index < -0.39 is 5.54 Å². The molecule has 1 aromatic carbocycles. The number of ketones is 1. The largest absolute Gasteiger partial charge is 0.381 e. The summed E-state index contributed by atoms with van der Waals surface area (Å²) in [6.45, 7) is 1.18. The van der Waals surface area contributed by atoms with Gasteiger partial charge in [0.2, 0.25) is 0 Å². The minimum atomic E-state index is -0.693. The van der Waals surface area contributed by atoms with Gasteiger partial charge in [0.15, 0.2) is 5.78 Å². The molecule has 4 heteroatoms. The van der Waals surface area contributed by atoms with Crippen LogP contribution in [0.1, 0.15) is 18.4 Å². The summed E-state index contributed by atoms with van der Waals surface area (Å²) in [5, 5.41) is 3.25. The van der Waals surface area contributed by atoms with E-state index in [1.54, 1.807) is 11.3 Å². The molecule has 3 rings (SSSR count). The highest BCUT2D eigenvalue weighted by molar-refractivity contribution is 7.17. The van der Waals surface area contributed by atoms with E-state index in [9.17, 15) is 4.79 Å². The minimum Gasteiger partial charge on any atom is -0.381 e. The van der Waals surface area contributed by atoms with Gasteiger partial charge >= 0.3 is 0 Å². The molecule has 0 unspecified atom stereocenters. The Labute approximate surface area is 116 Å². The van der Waals surface area contributed by atoms with Gasteiger partial charge < -0.3 is 10.5 Å². The third-order valence-electron chi connectivity index (χ3n) is 3.85. The predicted molar refractivity (Wildman–Crippen MR) is 77.5 cm³/mol. The number of thiophene rings is 1. The molecule has 0 atom stereocenters. The van der Waals surface area contributed by atoms with Crippen LogP contribution in [0.2, 0.25) is 0 Å². The lowest BCUT2D eigenvalue weighted by Crippen LogP contribution is -2.52. The molecule has 3 nitrogen and oxygen atoms in total. The van der Waals surface area contributed by atoms with Gasteiger partial charge in [0, 0.05) is 24.3 Å². The Kier molecular flexibility index (Phi) is 3.39. The van der Waals surface area contributed by atoms with Crippen molar-refractivity contribution in [1.82, 2.24) is 0 Å². The van der Waals surface area contributed by atoms with Gasteiger partial charge in [-0.1, -0.05) is 18.2 Å². The summed E-state index contributed by atoms with van der Waals surface area (Å²) >= 11 is 1.68. The normalized spacial score (nSPS) is 18.6. The highest BCUT2D eigenvalue weighted by Crippen LogP contribution is 2.28. The van der Waals surface area contributed by atoms with Crippen molar-refractivity contribution in [2.45, 2.75) is 24.8 Å². The molecule has 2 aromatic rings. The fourth-order valence-corrected chi connectivity index (χ4v) is 3.50. The van der Waals surface area contributed by atoms with Crippen LogP contribution in [-0.2, 0) is 16.0 Å². The molecule has 19 heavy (non-hydrogen) atoms. The van der Waals surface area contributed by atoms with Crippen LogP contribution in [0.5, 0.6) is 0 Å². The molecule has 2 N–H and O–H groups in total. The SMILES string of the molecule is NC1(C(=O)Cc2csc3ccccc23)CCOCC1. The van der Waals surface area contributed by atoms with Crippen molar-refractivity contribution >= 4 is 27.2 Å². The van der Waals surface area contributed by atoms with E-state index in [0.717, 1.165) is 5.56 Å². The van der Waals surface area contributed by atoms with Gasteiger partial charge in [-0.25, -0.2) is 0 Å². The van der Waals surface area contributed by atoms with Crippen LogP contribution in [0.3, 0.4) is 0 Å². The number of Topliss-reactive ketones (excluding diaryl/α,β-unsaturated/α-hetero) is 1. The van der Waals surface area contributed by atoms with E-state index in [2.05, 4.69) is 17.5 Å². The van der Waals surface area contributed by atoms with Gasteiger partial charge in [-0.15, -0.1) is 11.3 Å². The number of ether oxygens (including phenoxy) is 1. The standard InChI is InChI=1S/C15H17NO2S/c16-15(5-7-18-8-6-15)14(17)9-11-10-19-13-4-2-1-3-12(11)13/h1-4,10H,5-9,16H2. The Bertz CT molecular complexity index is 599. The Morgan fingerprint density at radius 1 is 1.32 bits per heavy atom. The monoisotopic (exact) mass is 275 g/mol. The molecule has 1 aromatic heterocycles. The second kappa shape index (κ2) is 5.04. The maximum atomic E-state index is 12.5. The van der Waals surface area contributed by atoms with E-state index in [0.29, 0.717) is 32.5 Å². The number of fused-ring (bicyclic) bond motifs is 1. The number of hydrogen-bond donors (Lipinski definition) is 1. The molecule has 1 saturated heterocycles. The van der Waals surface area contributed by atoms with Crippen LogP contribution in [0.4, 0.5) is 0 Å². The van der Waals surface area contributed by atoms with Crippen molar-refractivity contribution in [3.05, 3.63) is 35.2 Å². The molecule has 2 heterocycles. The molecule has 100 valence electrons. The fraction of sp³-hybridized carbons (Fsp3) is 0.400. The first-order chi connectivity index (χ1) is 9.19. The zero-order valence-corrected chi connectivity index (χ0v) is 11.5. The zero-order valence-electron chi connectivity index (χ0n) is 10.7. The molecule has 0 aliphatic carbocycles. The highest BCUT2D eigenvalue weighted by atomic mass is 32.1. The van der Waals surface area contributed by atoms with Crippen molar-refractivity contribution in [2.75, 3.05) is 13.2 Å². The van der Waals surface area contributed by atoms with Crippen LogP contribution < -0.4 is 5.73 Å². The molecule has 1 aliphatic heterocycles. The quantitative estimate of drug-likeness (QED) is 0.936. The highest BCUT2D eigenvalue weighted by Gasteiger charge is 2.35. The maximum Gasteiger partial charge on any atom is 0.157 e. The molecule has 0 radical (unpaired) electrons. The number of nitrogens with two attached hydrogens (primary N) is 1. The average molecular weight is 275 g/mol. The van der Waals surface area contributed by atoms with Gasteiger partial charge in [-0.2, -0.15) is 0 Å². The van der Waals surface area contributed by atoms with Gasteiger partial charge in [0.05, 0.1) is 5.54 Å². The summed E-state index contributed by atoms with van der Waals surface area (Å²) in [6, 6.07) is 8.19. The lowest BCUT2D eigenvalue weighted by Gasteiger charge is -2.31. The van der Waals surface area contributed by atoms with Crippen LogP contribution in [0.15, 0.2) is 29.6 Å². The molecule has 0 amide bonds. The first kappa shape index (κ1) is 12.8. The topological polar surface area (TPSA) is 52.3 Å². The third-order valence-corrected chi connectivity index (χ3v) is 4.86. The summed E-state index contributed by atoms with van der Waals surface area (Å²) in [7, 11) is 0. The van der Waals surface area contributed by atoms with Crippen molar-refractivity contribution in [1.29, 1.82) is 0 Å². The smallest absolute Gasteiger partial charge is 0.157 e. The van der Waals surface area contributed by atoms with Gasteiger partial charge in [-0.3, -0.25) is 4.79 Å². The molecule has 0 bridgehead atoms. The van der Waals surface area contributed by atoms with E-state index in [-0.39, 0.29) is 5.78 Å². The Morgan fingerprint density at radius 2 is 2.05 bits per heavy atom. The van der Waals surface area contributed by atoms with Gasteiger partial charge in [0.25, 0.3) is 0 Å². The predicted octanol–water partition coefficient (Wildman–Crippen LogP) is 2.52. The molecular formula is C15H17NO2S. The van der Waals surface area contributed by atoms with Crippen molar-refractivity contribution in [3.63, 3.8) is 0 Å². The van der Waals surface area contributed by atoms with Crippen LogP contribution in [-0.4, -0.2) is 24.5 Å². The first-order valence-corrected chi connectivity index (χ1v) is 7.42. The number of benzene rings is 1. The Morgan fingerprint density at radius 3 is 2.84 bits per heavy atom. The zero-order chi connectivity index (χ0) is 13.3. The number of carbonyl (C=O) groups excluding carboxylic acids is 1. The molecule has 0 spiro atoms. The lowest BCUT2D eigenvalue weighted by atomic mass is 9.84. The fourth-order valence-electron chi connectivity index (χ4n) is 2.53. The molecule has 1 fully saturated rings. The molecule has 0 saturated carbocycles. The third kappa shape index (κ3) is 2.43. The van der Waals surface area contributed by atoms with Gasteiger partial charge in [-0.05, 0) is 35.2 Å². The van der Waals surface area contributed by atoms with E-state index in [1.165, 1.54) is 10.1 Å². The Hall–Kier alpha value is -1.23. The van der Waals surface area contributed by atoms with E-state index in [1.807, 2.05) is 12.1 Å². The van der Waals surface area contributed by atoms with Crippen molar-refractivity contribution in [2.24, 2.45) is 5.73 Å². The second-order valence-electron chi connectivity index (χ2n) is 5.13. The summed E-state index contributed by atoms with van der Waals surface area (Å²) < 4.78 is 6.52. The maximum absolute atomic E-state index is 12.5. The second-order valence-corrected chi connectivity index (χ2v) is 6.04. The number of carbonyl (C=O) groups is 1. The van der Waals surface area contributed by atoms with Crippen molar-refractivity contribution < 1.29 is 9.53 Å². The average Bonchev–Trinajstić information content (AvgIpc) is 2.83.